The van der Waals surface area contributed by atoms with Crippen LogP contribution in [0.5, 0.6) is 0 Å². The van der Waals surface area contributed by atoms with Gasteiger partial charge in [0.25, 0.3) is 41.4 Å². The third kappa shape index (κ3) is 21.8. The molecule has 0 atom stereocenters. The number of nitrogens with one attached hydrogen (secondary N) is 5. The lowest BCUT2D eigenvalue weighted by Gasteiger charge is -2.27. The average molecular weight is 1820 g/mol. The monoisotopic (exact) mass is 1820 g/mol. The van der Waals surface area contributed by atoms with Gasteiger partial charge < -0.3 is 72.9 Å². The van der Waals surface area contributed by atoms with E-state index in [0.717, 1.165) is 53.1 Å². The van der Waals surface area contributed by atoms with Gasteiger partial charge in [0.2, 0.25) is 23.8 Å². The average Bonchev–Trinajstić information content (AvgIpc) is 1.63. The molecule has 5 aromatic heterocycles. The summed E-state index contributed by atoms with van der Waals surface area (Å²) in [5.41, 5.74) is 6.13. The van der Waals surface area contributed by atoms with Gasteiger partial charge in [0.15, 0.2) is 0 Å². The predicted molar refractivity (Wildman–Crippen MR) is 468 cm³/mol. The quantitative estimate of drug-likeness (QED) is 0.0240. The van der Waals surface area contributed by atoms with Crippen molar-refractivity contribution in [1.82, 2.24) is 58.3 Å². The maximum Gasteiger partial charge on any atom is 0.419 e. The van der Waals surface area contributed by atoms with Crippen molar-refractivity contribution in [3.8, 4) is 11.8 Å². The molecule has 9 N–H and O–H groups in total. The van der Waals surface area contributed by atoms with Crippen molar-refractivity contribution in [2.45, 2.75) is 70.6 Å². The number of ether oxygens (including phenoxy) is 3. The van der Waals surface area contributed by atoms with Crippen molar-refractivity contribution in [3.63, 3.8) is 0 Å². The molecule has 686 valence electrons. The number of benzene rings is 8. The third-order valence-electron chi connectivity index (χ3n) is 21.4. The molecule has 0 aliphatic carbocycles. The maximum atomic E-state index is 14.4. The molecule has 9 heterocycles. The van der Waals surface area contributed by atoms with Crippen LogP contribution in [0, 0.1) is 17.1 Å². The van der Waals surface area contributed by atoms with E-state index in [2.05, 4.69) is 56.7 Å². The molecular weight excluding hydrogens is 1740 g/mol. The third-order valence-corrected chi connectivity index (χ3v) is 21.4. The number of carbonyl (C=O) groups is 8. The van der Waals surface area contributed by atoms with Gasteiger partial charge in [0.1, 0.15) is 38.3 Å². The molecule has 43 heteroatoms. The predicted octanol–water partition coefficient (Wildman–Crippen LogP) is 10.3. The number of hydrogen-bond donors (Lipinski definition) is 9. The largest absolute Gasteiger partial charge is 0.419 e. The number of alkyl halides is 6. The molecule has 17 rings (SSSR count). The molecular formula is C89H86F7N21O15. The number of nitriles is 1. The Hall–Kier alpha value is -14.9. The number of fused-ring (bicyclic) bond motifs is 4. The Balaban J connectivity index is 0.000000142. The Morgan fingerprint density at radius 2 is 0.811 bits per heavy atom. The fourth-order valence-electron chi connectivity index (χ4n) is 14.9. The van der Waals surface area contributed by atoms with E-state index in [1.54, 1.807) is 120 Å². The zero-order valence-corrected chi connectivity index (χ0v) is 70.3. The second-order valence-electron chi connectivity index (χ2n) is 30.1. The molecule has 4 saturated heterocycles. The van der Waals surface area contributed by atoms with Crippen LogP contribution < -0.4 is 46.2 Å². The molecule has 0 spiro atoms. The van der Waals surface area contributed by atoms with E-state index in [-0.39, 0.29) is 106 Å². The summed E-state index contributed by atoms with van der Waals surface area (Å²) in [6.07, 6.45) is -3.94. The van der Waals surface area contributed by atoms with Crippen LogP contribution >= 0.6 is 0 Å². The number of aryl methyl sites for hydroxylation is 4. The number of urea groups is 1. The lowest BCUT2D eigenvalue weighted by Crippen LogP contribution is -2.46. The molecule has 36 nitrogen and oxygen atoms in total. The van der Waals surface area contributed by atoms with E-state index < -0.39 is 46.7 Å². The van der Waals surface area contributed by atoms with Crippen LogP contribution in [0.15, 0.2) is 176 Å². The van der Waals surface area contributed by atoms with Gasteiger partial charge in [-0.25, -0.2) is 29.1 Å². The normalized spacial score (nSPS) is 14.3. The number of rotatable bonds is 25. The molecule has 13 aromatic rings. The highest BCUT2D eigenvalue weighted by Crippen LogP contribution is 2.37. The summed E-state index contributed by atoms with van der Waals surface area (Å²) in [4.78, 5) is 124. The Bertz CT molecular complexity index is 6490. The minimum atomic E-state index is -4.96. The first kappa shape index (κ1) is 93.2. The number of morpholine rings is 3. The van der Waals surface area contributed by atoms with Crippen molar-refractivity contribution in [2.24, 2.45) is 0 Å². The van der Waals surface area contributed by atoms with Gasteiger partial charge >= 0.3 is 18.4 Å². The summed E-state index contributed by atoms with van der Waals surface area (Å²) < 4.78 is 117. The van der Waals surface area contributed by atoms with Crippen molar-refractivity contribution >= 4 is 138 Å². The summed E-state index contributed by atoms with van der Waals surface area (Å²) in [7, 11) is 0. The van der Waals surface area contributed by atoms with Crippen LogP contribution in [-0.4, -0.2) is 220 Å². The summed E-state index contributed by atoms with van der Waals surface area (Å²) in [6.45, 7) is 5.08. The molecule has 0 unspecified atom stereocenters. The molecule has 9 amide bonds. The Kier molecular flexibility index (Phi) is 29.7. The summed E-state index contributed by atoms with van der Waals surface area (Å²) in [5, 5.41) is 67.2. The Labute approximate surface area is 745 Å². The first-order chi connectivity index (χ1) is 63.7. The molecule has 0 radical (unpaired) electrons. The molecule has 132 heavy (non-hydrogen) atoms. The highest BCUT2D eigenvalue weighted by atomic mass is 19.4. The van der Waals surface area contributed by atoms with Crippen molar-refractivity contribution in [1.29, 1.82) is 5.26 Å². The Morgan fingerprint density at radius 1 is 0.432 bits per heavy atom. The number of aromatic nitrogens is 11. The number of nitrogens with zero attached hydrogens (tertiary/aromatic N) is 16. The molecule has 4 fully saturated rings. The van der Waals surface area contributed by atoms with Gasteiger partial charge in [-0.1, -0.05) is 24.3 Å². The van der Waals surface area contributed by atoms with Crippen molar-refractivity contribution < 1.29 is 104 Å². The van der Waals surface area contributed by atoms with Crippen LogP contribution in [0.3, 0.4) is 0 Å². The number of aliphatic hydroxyl groups excluding tert-OH is 4. The minimum absolute atomic E-state index is 0.00234. The topological polar surface area (TPSA) is 444 Å². The van der Waals surface area contributed by atoms with E-state index in [1.165, 1.54) is 23.1 Å². The molecule has 8 aromatic carbocycles. The molecule has 0 bridgehead atoms. The summed E-state index contributed by atoms with van der Waals surface area (Å²) in [6, 6.07) is 43.2. The summed E-state index contributed by atoms with van der Waals surface area (Å²) in [5.74, 6) is -3.86. The number of aliphatic hydroxyl groups is 4. The second-order valence-corrected chi connectivity index (χ2v) is 30.1. The first-order valence-electron chi connectivity index (χ1n) is 41.6. The molecule has 4 aliphatic rings. The lowest BCUT2D eigenvalue weighted by molar-refractivity contribution is -0.140. The zero-order chi connectivity index (χ0) is 93.3. The maximum absolute atomic E-state index is 14.4. The summed E-state index contributed by atoms with van der Waals surface area (Å²) >= 11 is 0. The number of amides is 9. The van der Waals surface area contributed by atoms with Crippen LogP contribution in [0.2, 0.25) is 0 Å². The smallest absolute Gasteiger partial charge is 0.396 e. The van der Waals surface area contributed by atoms with Crippen molar-refractivity contribution in [2.75, 3.05) is 140 Å². The van der Waals surface area contributed by atoms with Gasteiger partial charge in [-0.3, -0.25) is 64.3 Å². The fourth-order valence-corrected chi connectivity index (χ4v) is 14.9. The minimum Gasteiger partial charge on any atom is -0.396 e. The number of hydrogen-bond acceptors (Lipinski definition) is 22. The van der Waals surface area contributed by atoms with E-state index in [1.807, 2.05) is 51.6 Å². The Morgan fingerprint density at radius 3 is 1.20 bits per heavy atom. The highest BCUT2D eigenvalue weighted by Gasteiger charge is 2.37. The van der Waals surface area contributed by atoms with Gasteiger partial charge in [-0.15, -0.1) is 10.2 Å². The van der Waals surface area contributed by atoms with E-state index in [4.69, 9.17) is 19.5 Å². The number of anilines is 8. The lowest BCUT2D eigenvalue weighted by atomic mass is 10.1. The SMILES string of the molecule is N#Cc1cccc(C(=O)Nc2nc3cc(N4CCOCC4=O)ccc3n2CCCO)c1.O=C(Nc1nc2cc(N3CCCNC3=O)ccc2n1CCCO)c1cccc(C(F)(F)F)c1.O=C(Nc1nc2cc(N3CCOCC3=O)ccc2n1CCCO)c1cccc(-n2cnnc2)c1.O=C(Nc1nc2cc(N3CCOCC3=O)ccc2n1CCCO)c1cccc(C(F)(F)F)c1F. The van der Waals surface area contributed by atoms with Gasteiger partial charge in [0.05, 0.1) is 92.3 Å². The van der Waals surface area contributed by atoms with Crippen molar-refractivity contribution in [3.05, 3.63) is 221 Å². The molecule has 4 aliphatic heterocycles. The highest BCUT2D eigenvalue weighted by molar-refractivity contribution is 6.08. The fraction of sp³-hybridized carbons (Fsp3) is 0.292. The van der Waals surface area contributed by atoms with E-state index >= 15 is 0 Å². The van der Waals surface area contributed by atoms with Crippen LogP contribution in [-0.2, 0) is 67.1 Å². The number of halogens is 7. The van der Waals surface area contributed by atoms with E-state index in [9.17, 15) is 89.5 Å². The molecule has 0 saturated carbocycles. The first-order valence-corrected chi connectivity index (χ1v) is 41.6. The number of carbonyl (C=O) groups excluding carboxylic acids is 8. The number of imidazole rings is 4. The zero-order valence-electron chi connectivity index (χ0n) is 70.3. The van der Waals surface area contributed by atoms with Crippen LogP contribution in [0.4, 0.5) is 82.1 Å². The van der Waals surface area contributed by atoms with Gasteiger partial charge in [0, 0.05) is 130 Å². The van der Waals surface area contributed by atoms with Gasteiger partial charge in [-0.05, 0) is 172 Å². The van der Waals surface area contributed by atoms with Crippen LogP contribution in [0.1, 0.15) is 90.2 Å². The van der Waals surface area contributed by atoms with E-state index in [0.29, 0.717) is 183 Å². The van der Waals surface area contributed by atoms with Gasteiger partial charge in [-0.2, -0.15) is 31.6 Å². The standard InChI is InChI=1S/C23H23N7O4.C22H20F4N4O4.C22H22F3N5O3.C22H21N5O4/c31-9-2-7-30-20-6-5-18(29-8-10-34-13-21(29)32)12-19(20)26-23(30)27-22(33)16-3-1-4-17(11-16)28-14-24-25-15-28;23-19-14(3-1-4-15(19)22(24,25)26)20(33)28-21-27-16-11-13(29-8-10-34-12-18(29)32)5-6-17(16)30(21)7-2-9-31;23-22(24,25)15-5-1-4-14(12-15)19(32)28-20-27-17-13-16(29-9-2-8-26-21(29)33)6-7-18(17)30(20)10-3-11-31;23-13-15-3-1-4-16(11-15)21(30)25-22-24-18-12-17(26-8-10-31-14-20(26)29)5-6-19(18)27(22)7-2-9-28/h1,3-6,11-12,14-15,31H,2,7-10,13H2,(H,26,27,33);1,3-6,11,31H,2,7-10,12H2,(H,27,28,33);1,4-7,12-13,31H,2-3,8-11H2,(H,26,33)(H,27,28,32);1,3-6,11-12,28H,2,7-10,14H2,(H,24,25,30). The van der Waals surface area contributed by atoms with Crippen LogP contribution in [0.25, 0.3) is 49.8 Å². The second kappa shape index (κ2) is 42.1.